The monoisotopic (exact) mass is 454 g/mol. The summed E-state index contributed by atoms with van der Waals surface area (Å²) in [6.45, 7) is 7.75. The molecule has 0 saturated heterocycles. The van der Waals surface area contributed by atoms with Gasteiger partial charge >= 0.3 is 12.1 Å². The number of alkyl carbamates (subject to hydrolysis) is 1. The van der Waals surface area contributed by atoms with Crippen LogP contribution >= 0.6 is 0 Å². The van der Waals surface area contributed by atoms with Gasteiger partial charge in [0.05, 0.1) is 6.54 Å². The van der Waals surface area contributed by atoms with E-state index in [0.29, 0.717) is 24.1 Å². The van der Waals surface area contributed by atoms with E-state index in [0.717, 1.165) is 0 Å². The molecule has 2 aromatic carbocycles. The third kappa shape index (κ3) is 9.06. The number of hydrogen-bond donors (Lipinski definition) is 1. The lowest BCUT2D eigenvalue weighted by Crippen LogP contribution is -2.41. The molecule has 2 atom stereocenters. The maximum absolute atomic E-state index is 13.1. The van der Waals surface area contributed by atoms with Crippen LogP contribution < -0.4 is 5.32 Å². The first-order valence-electron chi connectivity index (χ1n) is 11.1. The number of esters is 1. The van der Waals surface area contributed by atoms with E-state index in [1.54, 1.807) is 57.2 Å². The van der Waals surface area contributed by atoms with E-state index in [2.05, 4.69) is 5.32 Å². The highest BCUT2D eigenvalue weighted by molar-refractivity contribution is 5.97. The number of ketones is 1. The fourth-order valence-corrected chi connectivity index (χ4v) is 3.20. The molecule has 33 heavy (non-hydrogen) atoms. The van der Waals surface area contributed by atoms with Gasteiger partial charge in [-0.1, -0.05) is 67.6 Å². The maximum atomic E-state index is 13.1. The van der Waals surface area contributed by atoms with E-state index < -0.39 is 29.8 Å². The van der Waals surface area contributed by atoms with Crippen LogP contribution in [0.1, 0.15) is 56.1 Å². The van der Waals surface area contributed by atoms with E-state index in [-0.39, 0.29) is 12.3 Å². The number of nitrogens with zero attached hydrogens (tertiary/aromatic N) is 1. The van der Waals surface area contributed by atoms with E-state index in [4.69, 9.17) is 9.47 Å². The van der Waals surface area contributed by atoms with Crippen molar-refractivity contribution in [3.8, 4) is 0 Å². The molecule has 1 amide bonds. The second kappa shape index (κ2) is 12.2. The molecule has 0 radical (unpaired) electrons. The van der Waals surface area contributed by atoms with Crippen LogP contribution in [-0.4, -0.2) is 54.6 Å². The number of carbonyl (C=O) groups excluding carboxylic acids is 3. The Balaban J connectivity index is 2.04. The number of likely N-dealkylation sites (N-methyl/N-ethyl adjacent to an activating group) is 1. The molecule has 178 valence electrons. The molecule has 0 fully saturated rings. The fraction of sp³-hybridized carbons (Fsp3) is 0.423. The molecule has 0 aliphatic heterocycles. The molecule has 0 aliphatic carbocycles. The predicted molar refractivity (Wildman–Crippen MR) is 127 cm³/mol. The molecule has 0 heterocycles. The Kier molecular flexibility index (Phi) is 9.60. The van der Waals surface area contributed by atoms with Gasteiger partial charge in [0, 0.05) is 12.1 Å². The van der Waals surface area contributed by atoms with E-state index in [9.17, 15) is 14.4 Å². The lowest BCUT2D eigenvalue weighted by atomic mass is 10.1. The number of ether oxygens (including phenoxy) is 2. The molecule has 0 saturated carbocycles. The second-order valence-electron chi connectivity index (χ2n) is 8.94. The summed E-state index contributed by atoms with van der Waals surface area (Å²) in [5, 5.41) is 2.62. The van der Waals surface area contributed by atoms with E-state index >= 15 is 0 Å². The Hall–Kier alpha value is -3.19. The molecule has 7 heteroatoms. The van der Waals surface area contributed by atoms with Crippen LogP contribution in [0.4, 0.5) is 4.79 Å². The summed E-state index contributed by atoms with van der Waals surface area (Å²) < 4.78 is 11.1. The Bertz CT molecular complexity index is 909. The summed E-state index contributed by atoms with van der Waals surface area (Å²) >= 11 is 0. The van der Waals surface area contributed by atoms with Crippen LogP contribution in [0.25, 0.3) is 0 Å². The number of rotatable bonds is 10. The molecule has 2 aromatic rings. The van der Waals surface area contributed by atoms with Gasteiger partial charge in [-0.15, -0.1) is 0 Å². The van der Waals surface area contributed by atoms with Gasteiger partial charge in [0.15, 0.2) is 11.8 Å². The van der Waals surface area contributed by atoms with Crippen LogP contribution in [0, 0.1) is 0 Å². The molecule has 0 aromatic heterocycles. The number of nitrogens with one attached hydrogen (secondary N) is 1. The van der Waals surface area contributed by atoms with Crippen molar-refractivity contribution >= 4 is 17.8 Å². The van der Waals surface area contributed by atoms with Gasteiger partial charge < -0.3 is 14.8 Å². The first kappa shape index (κ1) is 26.1. The predicted octanol–water partition coefficient (Wildman–Crippen LogP) is 4.39. The zero-order chi connectivity index (χ0) is 24.4. The molecular formula is C26H34N2O5. The van der Waals surface area contributed by atoms with Crippen molar-refractivity contribution in [2.75, 3.05) is 20.1 Å². The molecule has 1 unspecified atom stereocenters. The average Bonchev–Trinajstić information content (AvgIpc) is 2.76. The Labute approximate surface area is 196 Å². The highest BCUT2D eigenvalue weighted by Gasteiger charge is 2.29. The quantitative estimate of drug-likeness (QED) is 0.423. The first-order valence-corrected chi connectivity index (χ1v) is 11.1. The second-order valence-corrected chi connectivity index (χ2v) is 8.94. The molecule has 0 aliphatic rings. The minimum Gasteiger partial charge on any atom is -0.459 e. The molecule has 0 spiro atoms. The van der Waals surface area contributed by atoms with Crippen molar-refractivity contribution in [2.45, 2.75) is 51.9 Å². The van der Waals surface area contributed by atoms with Crippen LogP contribution in [0.2, 0.25) is 0 Å². The Morgan fingerprint density at radius 2 is 1.55 bits per heavy atom. The molecule has 0 bridgehead atoms. The average molecular weight is 455 g/mol. The SMILES string of the molecule is CC[C@H](CN(C)CC(=O)c1ccccc1)OC(=O)C(NC(=O)OC(C)(C)C)c1ccccc1. The van der Waals surface area contributed by atoms with Crippen LogP contribution in [0.5, 0.6) is 0 Å². The number of hydrogen-bond acceptors (Lipinski definition) is 6. The van der Waals surface area contributed by atoms with Crippen molar-refractivity contribution in [3.05, 3.63) is 71.8 Å². The number of amides is 1. The molecule has 7 nitrogen and oxygen atoms in total. The third-order valence-electron chi connectivity index (χ3n) is 4.79. The lowest BCUT2D eigenvalue weighted by Gasteiger charge is -2.26. The van der Waals surface area contributed by atoms with Gasteiger partial charge in [0.25, 0.3) is 0 Å². The number of benzene rings is 2. The summed E-state index contributed by atoms with van der Waals surface area (Å²) in [5.74, 6) is -0.588. The van der Waals surface area contributed by atoms with Crippen LogP contribution in [0.15, 0.2) is 60.7 Å². The minimum absolute atomic E-state index is 0.00645. The third-order valence-corrected chi connectivity index (χ3v) is 4.79. The zero-order valence-electron chi connectivity index (χ0n) is 20.0. The van der Waals surface area contributed by atoms with E-state index in [1.807, 2.05) is 43.1 Å². The lowest BCUT2D eigenvalue weighted by molar-refractivity contribution is -0.152. The van der Waals surface area contributed by atoms with Gasteiger partial charge in [0.1, 0.15) is 11.7 Å². The summed E-state index contributed by atoms with van der Waals surface area (Å²) in [7, 11) is 1.81. The van der Waals surface area contributed by atoms with Crippen LogP contribution in [-0.2, 0) is 14.3 Å². The van der Waals surface area contributed by atoms with Crippen molar-refractivity contribution in [3.63, 3.8) is 0 Å². The molecular weight excluding hydrogens is 420 g/mol. The summed E-state index contributed by atoms with van der Waals surface area (Å²) in [4.78, 5) is 39.7. The largest absolute Gasteiger partial charge is 0.459 e. The first-order chi connectivity index (χ1) is 15.6. The van der Waals surface area contributed by atoms with Crippen molar-refractivity contribution in [2.24, 2.45) is 0 Å². The van der Waals surface area contributed by atoms with Crippen molar-refractivity contribution in [1.82, 2.24) is 10.2 Å². The highest BCUT2D eigenvalue weighted by atomic mass is 16.6. The zero-order valence-corrected chi connectivity index (χ0v) is 20.0. The van der Waals surface area contributed by atoms with Crippen molar-refractivity contribution in [1.29, 1.82) is 0 Å². The van der Waals surface area contributed by atoms with Gasteiger partial charge in [-0.2, -0.15) is 0 Å². The van der Waals surface area contributed by atoms with Gasteiger partial charge in [-0.25, -0.2) is 9.59 Å². The molecule has 1 N–H and O–H groups in total. The summed E-state index contributed by atoms with van der Waals surface area (Å²) in [6.07, 6.45) is -0.589. The topological polar surface area (TPSA) is 84.9 Å². The van der Waals surface area contributed by atoms with Crippen molar-refractivity contribution < 1.29 is 23.9 Å². The smallest absolute Gasteiger partial charge is 0.408 e. The fourth-order valence-electron chi connectivity index (χ4n) is 3.20. The Morgan fingerprint density at radius 1 is 0.970 bits per heavy atom. The highest BCUT2D eigenvalue weighted by Crippen LogP contribution is 2.18. The maximum Gasteiger partial charge on any atom is 0.408 e. The summed E-state index contributed by atoms with van der Waals surface area (Å²) in [5.41, 5.74) is 0.533. The van der Waals surface area contributed by atoms with E-state index in [1.165, 1.54) is 0 Å². The van der Waals surface area contributed by atoms with Gasteiger partial charge in [-0.05, 0) is 39.8 Å². The van der Waals surface area contributed by atoms with Gasteiger partial charge in [0.2, 0.25) is 0 Å². The normalized spacial score (nSPS) is 13.2. The van der Waals surface area contributed by atoms with Crippen LogP contribution in [0.3, 0.4) is 0 Å². The molecule has 2 rings (SSSR count). The summed E-state index contributed by atoms with van der Waals surface area (Å²) in [6, 6.07) is 16.9. The Morgan fingerprint density at radius 3 is 2.09 bits per heavy atom. The van der Waals surface area contributed by atoms with Gasteiger partial charge in [-0.3, -0.25) is 9.69 Å². The minimum atomic E-state index is -1.01. The number of Topliss-reactive ketones (excluding diaryl/α,β-unsaturated/α-hetero) is 1. The number of carbonyl (C=O) groups is 3. The standard InChI is InChI=1S/C26H34N2O5/c1-6-21(17-28(5)18-22(29)19-13-9-7-10-14-19)32-24(30)23(20-15-11-8-12-16-20)27-25(31)33-26(2,3)4/h7-16,21,23H,6,17-18H2,1-5H3,(H,27,31)/t21-,23?/m1/s1.